The molecule has 2 rings (SSSR count). The second kappa shape index (κ2) is 7.46. The number of piperidine rings is 1. The van der Waals surface area contributed by atoms with Crippen LogP contribution in [0.2, 0.25) is 0 Å². The highest BCUT2D eigenvalue weighted by Gasteiger charge is 2.43. The standard InChI is InChI=1S/C15H27NO2.C2H6/c1-10(2)13-12(17)9-15(5-7-16-8-6-15)18-14(13)11(3)4;1-2/h10-12,16-17H,5-9H2,1-4H3;1-2H3. The lowest BCUT2D eigenvalue weighted by Crippen LogP contribution is -2.49. The van der Waals surface area contributed by atoms with Crippen molar-refractivity contribution in [3.8, 4) is 0 Å². The number of nitrogens with one attached hydrogen (secondary N) is 1. The van der Waals surface area contributed by atoms with Crippen LogP contribution >= 0.6 is 0 Å². The fourth-order valence-electron chi connectivity index (χ4n) is 3.27. The quantitative estimate of drug-likeness (QED) is 0.815. The summed E-state index contributed by atoms with van der Waals surface area (Å²) in [6.07, 6.45) is 2.45. The summed E-state index contributed by atoms with van der Waals surface area (Å²) in [6.45, 7) is 14.6. The van der Waals surface area contributed by atoms with E-state index in [1.54, 1.807) is 0 Å². The summed E-state index contributed by atoms with van der Waals surface area (Å²) in [5.74, 6) is 1.76. The average molecular weight is 283 g/mol. The minimum atomic E-state index is -0.325. The molecule has 0 aromatic carbocycles. The van der Waals surface area contributed by atoms with E-state index in [1.165, 1.54) is 0 Å². The number of allylic oxidation sites excluding steroid dienone is 1. The van der Waals surface area contributed by atoms with Gasteiger partial charge in [0.15, 0.2) is 0 Å². The van der Waals surface area contributed by atoms with E-state index in [1.807, 2.05) is 13.8 Å². The number of hydrogen-bond acceptors (Lipinski definition) is 3. The van der Waals surface area contributed by atoms with Crippen LogP contribution in [-0.4, -0.2) is 29.9 Å². The van der Waals surface area contributed by atoms with Crippen molar-refractivity contribution in [3.05, 3.63) is 11.3 Å². The molecule has 1 atom stereocenters. The van der Waals surface area contributed by atoms with E-state index >= 15 is 0 Å². The van der Waals surface area contributed by atoms with Crippen LogP contribution in [0.3, 0.4) is 0 Å². The van der Waals surface area contributed by atoms with Gasteiger partial charge in [-0.25, -0.2) is 0 Å². The highest BCUT2D eigenvalue weighted by molar-refractivity contribution is 5.22. The molecule has 0 amide bonds. The van der Waals surface area contributed by atoms with Crippen LogP contribution in [0, 0.1) is 11.8 Å². The van der Waals surface area contributed by atoms with E-state index in [-0.39, 0.29) is 11.7 Å². The highest BCUT2D eigenvalue weighted by Crippen LogP contribution is 2.42. The van der Waals surface area contributed by atoms with Crippen molar-refractivity contribution in [2.45, 2.75) is 72.5 Å². The van der Waals surface area contributed by atoms with Crippen molar-refractivity contribution in [3.63, 3.8) is 0 Å². The summed E-state index contributed by atoms with van der Waals surface area (Å²) < 4.78 is 6.40. The molecule has 3 nitrogen and oxygen atoms in total. The van der Waals surface area contributed by atoms with E-state index in [0.29, 0.717) is 11.8 Å². The lowest BCUT2D eigenvalue weighted by molar-refractivity contribution is -0.0826. The average Bonchev–Trinajstić information content (AvgIpc) is 2.40. The van der Waals surface area contributed by atoms with Gasteiger partial charge in [0.2, 0.25) is 0 Å². The lowest BCUT2D eigenvalue weighted by Gasteiger charge is -2.46. The monoisotopic (exact) mass is 283 g/mol. The minimum Gasteiger partial charge on any atom is -0.491 e. The zero-order chi connectivity index (χ0) is 15.3. The van der Waals surface area contributed by atoms with Crippen LogP contribution in [0.5, 0.6) is 0 Å². The first kappa shape index (κ1) is 17.5. The molecule has 0 aromatic rings. The molecular weight excluding hydrogens is 250 g/mol. The third-order valence-corrected chi connectivity index (χ3v) is 4.20. The molecule has 118 valence electrons. The van der Waals surface area contributed by atoms with Crippen LogP contribution in [0.1, 0.15) is 60.8 Å². The number of aliphatic hydroxyl groups is 1. The van der Waals surface area contributed by atoms with Gasteiger partial charge in [-0.15, -0.1) is 0 Å². The van der Waals surface area contributed by atoms with Gasteiger partial charge in [-0.05, 0) is 37.4 Å². The summed E-state index contributed by atoms with van der Waals surface area (Å²) in [5, 5.41) is 13.9. The second-order valence-corrected chi connectivity index (χ2v) is 6.38. The van der Waals surface area contributed by atoms with Gasteiger partial charge in [0, 0.05) is 12.3 Å². The van der Waals surface area contributed by atoms with E-state index in [2.05, 4.69) is 33.0 Å². The highest BCUT2D eigenvalue weighted by atomic mass is 16.5. The molecule has 0 aliphatic carbocycles. The van der Waals surface area contributed by atoms with E-state index in [9.17, 15) is 5.11 Å². The summed E-state index contributed by atoms with van der Waals surface area (Å²) >= 11 is 0. The van der Waals surface area contributed by atoms with Crippen LogP contribution in [-0.2, 0) is 4.74 Å². The van der Waals surface area contributed by atoms with Crippen molar-refractivity contribution < 1.29 is 9.84 Å². The molecule has 2 aliphatic heterocycles. The zero-order valence-corrected chi connectivity index (χ0v) is 14.1. The molecule has 3 heteroatoms. The molecule has 2 N–H and O–H groups in total. The summed E-state index contributed by atoms with van der Waals surface area (Å²) in [5.41, 5.74) is 0.997. The van der Waals surface area contributed by atoms with Gasteiger partial charge in [0.25, 0.3) is 0 Å². The molecule has 0 saturated carbocycles. The van der Waals surface area contributed by atoms with Crippen LogP contribution < -0.4 is 5.32 Å². The minimum absolute atomic E-state index is 0.122. The predicted octanol–water partition coefficient (Wildman–Crippen LogP) is 3.48. The third kappa shape index (κ3) is 3.76. The number of ether oxygens (including phenoxy) is 1. The topological polar surface area (TPSA) is 41.5 Å². The Balaban J connectivity index is 0.000000956. The SMILES string of the molecule is CC.CC(C)C1=C(C(C)C)C(O)CC2(CCNCC2)O1. The Hall–Kier alpha value is -0.540. The van der Waals surface area contributed by atoms with Crippen LogP contribution in [0.15, 0.2) is 11.3 Å². The first-order valence-electron chi connectivity index (χ1n) is 8.27. The smallest absolute Gasteiger partial charge is 0.114 e. The van der Waals surface area contributed by atoms with Gasteiger partial charge in [-0.1, -0.05) is 41.5 Å². The molecule has 1 unspecified atom stereocenters. The normalized spacial score (nSPS) is 25.6. The van der Waals surface area contributed by atoms with Gasteiger partial charge in [0.1, 0.15) is 11.4 Å². The Bertz CT molecular complexity index is 328. The molecule has 1 spiro atoms. The summed E-state index contributed by atoms with van der Waals surface area (Å²) in [7, 11) is 0. The number of hydrogen-bond donors (Lipinski definition) is 2. The largest absolute Gasteiger partial charge is 0.491 e. The van der Waals surface area contributed by atoms with Gasteiger partial charge < -0.3 is 15.2 Å². The second-order valence-electron chi connectivity index (χ2n) is 6.38. The maximum Gasteiger partial charge on any atom is 0.114 e. The van der Waals surface area contributed by atoms with Crippen molar-refractivity contribution in [1.29, 1.82) is 0 Å². The lowest BCUT2D eigenvalue weighted by atomic mass is 9.78. The van der Waals surface area contributed by atoms with Crippen molar-refractivity contribution in [2.24, 2.45) is 11.8 Å². The van der Waals surface area contributed by atoms with Gasteiger partial charge in [-0.2, -0.15) is 0 Å². The third-order valence-electron chi connectivity index (χ3n) is 4.20. The Morgan fingerprint density at radius 2 is 1.65 bits per heavy atom. The van der Waals surface area contributed by atoms with Crippen LogP contribution in [0.4, 0.5) is 0 Å². The van der Waals surface area contributed by atoms with Gasteiger partial charge in [-0.3, -0.25) is 0 Å². The number of aliphatic hydroxyl groups excluding tert-OH is 1. The Morgan fingerprint density at radius 1 is 1.10 bits per heavy atom. The first-order chi connectivity index (χ1) is 9.45. The molecule has 1 saturated heterocycles. The fraction of sp³-hybridized carbons (Fsp3) is 0.882. The molecule has 1 fully saturated rings. The summed E-state index contributed by atoms with van der Waals surface area (Å²) in [4.78, 5) is 0. The molecule has 2 aliphatic rings. The Morgan fingerprint density at radius 3 is 2.10 bits per heavy atom. The zero-order valence-electron chi connectivity index (χ0n) is 14.1. The molecule has 20 heavy (non-hydrogen) atoms. The summed E-state index contributed by atoms with van der Waals surface area (Å²) in [6, 6.07) is 0. The number of rotatable bonds is 2. The van der Waals surface area contributed by atoms with Crippen LogP contribution in [0.25, 0.3) is 0 Å². The van der Waals surface area contributed by atoms with E-state index in [0.717, 1.165) is 43.7 Å². The molecule has 0 bridgehead atoms. The van der Waals surface area contributed by atoms with Gasteiger partial charge in [0.05, 0.1) is 6.10 Å². The molecule has 0 aromatic heterocycles. The van der Waals surface area contributed by atoms with Gasteiger partial charge >= 0.3 is 0 Å². The van der Waals surface area contributed by atoms with Crippen molar-refractivity contribution >= 4 is 0 Å². The van der Waals surface area contributed by atoms with Crippen molar-refractivity contribution in [2.75, 3.05) is 13.1 Å². The van der Waals surface area contributed by atoms with E-state index in [4.69, 9.17) is 4.74 Å². The maximum absolute atomic E-state index is 10.5. The fourth-order valence-corrected chi connectivity index (χ4v) is 3.27. The Labute approximate surface area is 124 Å². The van der Waals surface area contributed by atoms with Crippen molar-refractivity contribution in [1.82, 2.24) is 5.32 Å². The molecule has 0 radical (unpaired) electrons. The Kier molecular flexibility index (Phi) is 6.53. The predicted molar refractivity (Wildman–Crippen MR) is 84.6 cm³/mol. The maximum atomic E-state index is 10.5. The molecular formula is C17H33NO2. The van der Waals surface area contributed by atoms with E-state index < -0.39 is 0 Å². The molecule has 2 heterocycles. The first-order valence-corrected chi connectivity index (χ1v) is 8.27.